The summed E-state index contributed by atoms with van der Waals surface area (Å²) in [4.78, 5) is 4.67. The third-order valence-electron chi connectivity index (χ3n) is 4.43. The van der Waals surface area contributed by atoms with Crippen molar-refractivity contribution in [3.63, 3.8) is 0 Å². The highest BCUT2D eigenvalue weighted by atomic mass is 127. The highest BCUT2D eigenvalue weighted by Crippen LogP contribution is 2.31. The average molecular weight is 496 g/mol. The Labute approximate surface area is 183 Å². The smallest absolute Gasteiger partial charge is 0.192 e. The van der Waals surface area contributed by atoms with Gasteiger partial charge in [-0.1, -0.05) is 37.3 Å². The van der Waals surface area contributed by atoms with E-state index in [4.69, 9.17) is 4.74 Å². The Morgan fingerprint density at radius 2 is 2.21 bits per heavy atom. The van der Waals surface area contributed by atoms with Crippen molar-refractivity contribution in [2.45, 2.75) is 39.3 Å². The van der Waals surface area contributed by atoms with Crippen LogP contribution in [0.5, 0.6) is 5.75 Å². The first-order valence-electron chi connectivity index (χ1n) is 9.45. The minimum absolute atomic E-state index is 0. The second-order valence-corrected chi connectivity index (χ2v) is 6.71. The minimum Gasteiger partial charge on any atom is -0.493 e. The van der Waals surface area contributed by atoms with Gasteiger partial charge in [-0.05, 0) is 13.0 Å². The zero-order chi connectivity index (χ0) is 19.1. The first-order chi connectivity index (χ1) is 13.2. The van der Waals surface area contributed by atoms with Crippen molar-refractivity contribution in [1.29, 1.82) is 0 Å². The van der Waals surface area contributed by atoms with Gasteiger partial charge in [-0.15, -0.1) is 34.2 Å². The summed E-state index contributed by atoms with van der Waals surface area (Å²) in [7, 11) is 0. The number of guanidine groups is 1. The zero-order valence-corrected chi connectivity index (χ0v) is 18.8. The summed E-state index contributed by atoms with van der Waals surface area (Å²) in [5.41, 5.74) is 2.19. The second kappa shape index (κ2) is 11.0. The third-order valence-corrected chi connectivity index (χ3v) is 4.43. The van der Waals surface area contributed by atoms with Crippen molar-refractivity contribution in [3.8, 4) is 5.75 Å². The number of fused-ring (bicyclic) bond motifs is 1. The Kier molecular flexibility index (Phi) is 8.75. The Bertz CT molecular complexity index is 803. The fourth-order valence-electron chi connectivity index (χ4n) is 3.06. The summed E-state index contributed by atoms with van der Waals surface area (Å²) in [5, 5.41) is 15.1. The van der Waals surface area contributed by atoms with Gasteiger partial charge in [0.25, 0.3) is 0 Å². The molecule has 1 unspecified atom stereocenters. The fourth-order valence-corrected chi connectivity index (χ4v) is 3.06. The Morgan fingerprint density at radius 3 is 3.00 bits per heavy atom. The zero-order valence-electron chi connectivity index (χ0n) is 16.5. The molecule has 0 saturated heterocycles. The Hall–Kier alpha value is -2.10. The van der Waals surface area contributed by atoms with Crippen molar-refractivity contribution >= 4 is 29.9 Å². The predicted octanol–water partition coefficient (Wildman–Crippen LogP) is 3.09. The van der Waals surface area contributed by atoms with Gasteiger partial charge < -0.3 is 19.9 Å². The highest BCUT2D eigenvalue weighted by Gasteiger charge is 2.21. The maximum Gasteiger partial charge on any atom is 0.192 e. The molecule has 0 amide bonds. The van der Waals surface area contributed by atoms with Crippen molar-refractivity contribution < 1.29 is 4.74 Å². The number of hydrogen-bond acceptors (Lipinski definition) is 4. The van der Waals surface area contributed by atoms with E-state index < -0.39 is 0 Å². The summed E-state index contributed by atoms with van der Waals surface area (Å²) in [6.45, 7) is 10.8. The largest absolute Gasteiger partial charge is 0.493 e. The minimum atomic E-state index is 0. The number of rotatable bonds is 7. The van der Waals surface area contributed by atoms with Crippen molar-refractivity contribution in [2.75, 3.05) is 19.7 Å². The van der Waals surface area contributed by atoms with Crippen molar-refractivity contribution in [1.82, 2.24) is 25.4 Å². The van der Waals surface area contributed by atoms with Crippen LogP contribution in [0.2, 0.25) is 0 Å². The van der Waals surface area contributed by atoms with E-state index in [1.165, 1.54) is 5.56 Å². The molecule has 2 aromatic rings. The number of aromatic nitrogens is 3. The van der Waals surface area contributed by atoms with E-state index in [2.05, 4.69) is 50.0 Å². The molecule has 0 fully saturated rings. The molecular formula is C20H29IN6O. The highest BCUT2D eigenvalue weighted by molar-refractivity contribution is 14.0. The van der Waals surface area contributed by atoms with E-state index >= 15 is 0 Å². The normalized spacial score (nSPS) is 15.8. The van der Waals surface area contributed by atoms with E-state index in [0.717, 1.165) is 49.0 Å². The monoisotopic (exact) mass is 496 g/mol. The first kappa shape index (κ1) is 22.2. The number of nitrogens with one attached hydrogen (secondary N) is 2. The molecule has 1 aliphatic rings. The number of nitrogens with zero attached hydrogens (tertiary/aromatic N) is 4. The molecule has 0 radical (unpaired) electrons. The van der Waals surface area contributed by atoms with Gasteiger partial charge in [0.1, 0.15) is 17.9 Å². The number of hydrogen-bond donors (Lipinski definition) is 2. The molecule has 7 nitrogen and oxygen atoms in total. The number of aryl methyl sites for hydroxylation is 1. The molecule has 3 rings (SSSR count). The topological polar surface area (TPSA) is 76.4 Å². The molecule has 0 aliphatic carbocycles. The summed E-state index contributed by atoms with van der Waals surface area (Å²) >= 11 is 0. The van der Waals surface area contributed by atoms with Gasteiger partial charge in [-0.2, -0.15) is 0 Å². The van der Waals surface area contributed by atoms with Crippen LogP contribution in [-0.4, -0.2) is 40.4 Å². The molecule has 0 spiro atoms. The van der Waals surface area contributed by atoms with Crippen LogP contribution >= 0.6 is 24.0 Å². The van der Waals surface area contributed by atoms with Crippen LogP contribution < -0.4 is 15.4 Å². The molecular weight excluding hydrogens is 467 g/mol. The molecule has 1 aromatic carbocycles. The molecule has 0 saturated carbocycles. The molecule has 1 aromatic heterocycles. The summed E-state index contributed by atoms with van der Waals surface area (Å²) in [5.74, 6) is 2.71. The van der Waals surface area contributed by atoms with Crippen LogP contribution in [-0.2, 0) is 13.0 Å². The standard InChI is InChI=1S/C20H28N6O.HI/c1-4-19-25-23-14-26(19)11-10-21-20(22-13-15(2)3)24-17-9-12-27-18-8-6-5-7-16(17)18;/h5-8,14,17H,2,4,9-13H2,1,3H3,(H2,21,22,24);1H. The van der Waals surface area contributed by atoms with Gasteiger partial charge >= 0.3 is 0 Å². The van der Waals surface area contributed by atoms with Crippen LogP contribution in [0.4, 0.5) is 0 Å². The van der Waals surface area contributed by atoms with Gasteiger partial charge in [0.05, 0.1) is 19.2 Å². The van der Waals surface area contributed by atoms with Crippen LogP contribution in [0.25, 0.3) is 0 Å². The van der Waals surface area contributed by atoms with Gasteiger partial charge in [0.2, 0.25) is 0 Å². The number of ether oxygens (including phenoxy) is 1. The molecule has 28 heavy (non-hydrogen) atoms. The number of aliphatic imine (C=N–C) groups is 1. The van der Waals surface area contributed by atoms with Crippen LogP contribution in [0.1, 0.15) is 37.7 Å². The van der Waals surface area contributed by atoms with Crippen LogP contribution in [0.15, 0.2) is 47.7 Å². The van der Waals surface area contributed by atoms with Crippen molar-refractivity contribution in [3.05, 3.63) is 54.1 Å². The summed E-state index contributed by atoms with van der Waals surface area (Å²) < 4.78 is 7.82. The summed E-state index contributed by atoms with van der Waals surface area (Å²) in [6.07, 6.45) is 3.54. The molecule has 1 aliphatic heterocycles. The SMILES string of the molecule is C=C(C)CN=C(NCCn1cnnc1CC)NC1CCOc2ccccc21.I. The van der Waals surface area contributed by atoms with E-state index in [9.17, 15) is 0 Å². The van der Waals surface area contributed by atoms with E-state index in [-0.39, 0.29) is 30.0 Å². The molecule has 8 heteroatoms. The van der Waals surface area contributed by atoms with E-state index in [1.807, 2.05) is 25.1 Å². The fraction of sp³-hybridized carbons (Fsp3) is 0.450. The molecule has 1 atom stereocenters. The van der Waals surface area contributed by atoms with Gasteiger partial charge in [-0.3, -0.25) is 0 Å². The molecule has 2 N–H and O–H groups in total. The van der Waals surface area contributed by atoms with Crippen molar-refractivity contribution in [2.24, 2.45) is 4.99 Å². The predicted molar refractivity (Wildman–Crippen MR) is 122 cm³/mol. The van der Waals surface area contributed by atoms with Gasteiger partial charge in [0, 0.05) is 31.5 Å². The maximum atomic E-state index is 5.76. The molecule has 152 valence electrons. The third kappa shape index (κ3) is 5.95. The summed E-state index contributed by atoms with van der Waals surface area (Å²) in [6, 6.07) is 8.33. The number of benzene rings is 1. The Balaban J connectivity index is 0.00000280. The molecule has 2 heterocycles. The van der Waals surface area contributed by atoms with Gasteiger partial charge in [0.15, 0.2) is 5.96 Å². The quantitative estimate of drug-likeness (QED) is 0.267. The lowest BCUT2D eigenvalue weighted by Gasteiger charge is -2.28. The number of halogens is 1. The van der Waals surface area contributed by atoms with Crippen LogP contribution in [0.3, 0.4) is 0 Å². The maximum absolute atomic E-state index is 5.76. The lowest BCUT2D eigenvalue weighted by atomic mass is 10.0. The second-order valence-electron chi connectivity index (χ2n) is 6.71. The average Bonchev–Trinajstić information content (AvgIpc) is 3.13. The Morgan fingerprint density at radius 1 is 1.39 bits per heavy atom. The van der Waals surface area contributed by atoms with E-state index in [1.54, 1.807) is 6.33 Å². The lowest BCUT2D eigenvalue weighted by molar-refractivity contribution is 0.261. The van der Waals surface area contributed by atoms with Crippen LogP contribution in [0, 0.1) is 0 Å². The first-order valence-corrected chi connectivity index (χ1v) is 9.45. The number of para-hydroxylation sites is 1. The lowest BCUT2D eigenvalue weighted by Crippen LogP contribution is -2.42. The van der Waals surface area contributed by atoms with Gasteiger partial charge in [-0.25, -0.2) is 4.99 Å². The molecule has 0 bridgehead atoms. The van der Waals surface area contributed by atoms with E-state index in [0.29, 0.717) is 13.2 Å².